The molecule has 0 aliphatic carbocycles. The predicted octanol–water partition coefficient (Wildman–Crippen LogP) is 0.127. The maximum Gasteiger partial charge on any atom is 0.245 e. The molecule has 18 heavy (non-hydrogen) atoms. The number of hydrogen-bond donors (Lipinski definition) is 1. The lowest BCUT2D eigenvalue weighted by atomic mass is 10.0. The zero-order valence-corrected chi connectivity index (χ0v) is 12.3. The van der Waals surface area contributed by atoms with E-state index in [1.807, 2.05) is 20.8 Å². The average molecular weight is 274 g/mol. The van der Waals surface area contributed by atoms with Crippen LogP contribution in [0.25, 0.3) is 0 Å². The first-order valence-corrected chi connectivity index (χ1v) is 7.95. The number of hydrogen-bond acceptors (Lipinski definition) is 3. The summed E-state index contributed by atoms with van der Waals surface area (Å²) in [6.45, 7) is 6.11. The second-order valence-electron chi connectivity index (χ2n) is 5.16. The van der Waals surface area contributed by atoms with Gasteiger partial charge < -0.3 is 10.2 Å². The third-order valence-corrected chi connectivity index (χ3v) is 4.07. The molecule has 0 aromatic rings. The maximum absolute atomic E-state index is 12.4. The van der Waals surface area contributed by atoms with Crippen LogP contribution in [-0.2, 0) is 20.4 Å². The third kappa shape index (κ3) is 3.80. The molecule has 3 unspecified atom stereocenters. The minimum atomic E-state index is -0.948. The van der Waals surface area contributed by atoms with Gasteiger partial charge in [-0.3, -0.25) is 13.8 Å². The van der Waals surface area contributed by atoms with Crippen molar-refractivity contribution in [3.05, 3.63) is 0 Å². The molecule has 1 aliphatic rings. The first kappa shape index (κ1) is 15.1. The summed E-state index contributed by atoms with van der Waals surface area (Å²) in [6.07, 6.45) is 1.94. The van der Waals surface area contributed by atoms with Crippen LogP contribution in [0, 0.1) is 5.92 Å². The molecule has 1 heterocycles. The summed E-state index contributed by atoms with van der Waals surface area (Å²) in [7, 11) is -0.948. The van der Waals surface area contributed by atoms with E-state index < -0.39 is 16.8 Å². The monoisotopic (exact) mass is 274 g/mol. The molecule has 104 valence electrons. The van der Waals surface area contributed by atoms with Crippen molar-refractivity contribution in [2.75, 3.05) is 18.6 Å². The molecular formula is C12H22N2O3S. The number of amides is 2. The smallest absolute Gasteiger partial charge is 0.245 e. The molecule has 1 fully saturated rings. The van der Waals surface area contributed by atoms with E-state index >= 15 is 0 Å². The van der Waals surface area contributed by atoms with Crippen LogP contribution in [0.4, 0.5) is 0 Å². The molecule has 2 amide bonds. The highest BCUT2D eigenvalue weighted by atomic mass is 32.2. The molecule has 5 nitrogen and oxygen atoms in total. The van der Waals surface area contributed by atoms with Gasteiger partial charge in [-0.2, -0.15) is 0 Å². The van der Waals surface area contributed by atoms with Crippen LogP contribution < -0.4 is 5.32 Å². The number of rotatable bonds is 4. The summed E-state index contributed by atoms with van der Waals surface area (Å²) >= 11 is 0. The zero-order valence-electron chi connectivity index (χ0n) is 11.4. The second kappa shape index (κ2) is 6.31. The van der Waals surface area contributed by atoms with Crippen LogP contribution in [0.1, 0.15) is 27.2 Å². The normalized spacial score (nSPS) is 24.7. The molecule has 1 N–H and O–H groups in total. The van der Waals surface area contributed by atoms with Crippen molar-refractivity contribution in [3.8, 4) is 0 Å². The second-order valence-corrected chi connectivity index (χ2v) is 6.64. The van der Waals surface area contributed by atoms with Crippen molar-refractivity contribution in [2.45, 2.75) is 39.3 Å². The third-order valence-electron chi connectivity index (χ3n) is 3.12. The van der Waals surface area contributed by atoms with Gasteiger partial charge in [0.15, 0.2) is 0 Å². The Bertz CT molecular complexity index is 357. The van der Waals surface area contributed by atoms with Gasteiger partial charge >= 0.3 is 0 Å². The molecule has 0 saturated carbocycles. The molecule has 0 spiro atoms. The van der Waals surface area contributed by atoms with Gasteiger partial charge in [0.25, 0.3) is 0 Å². The molecule has 0 aromatic heterocycles. The zero-order chi connectivity index (χ0) is 13.9. The van der Waals surface area contributed by atoms with E-state index in [-0.39, 0.29) is 23.8 Å². The Kier molecular flexibility index (Phi) is 5.31. The Balaban J connectivity index is 2.86. The molecular weight excluding hydrogens is 252 g/mol. The summed E-state index contributed by atoms with van der Waals surface area (Å²) in [6, 6.07) is -0.565. The van der Waals surface area contributed by atoms with Gasteiger partial charge in [0.05, 0.1) is 0 Å². The van der Waals surface area contributed by atoms with Crippen LogP contribution in [0.2, 0.25) is 0 Å². The van der Waals surface area contributed by atoms with Crippen molar-refractivity contribution < 1.29 is 13.8 Å². The van der Waals surface area contributed by atoms with Gasteiger partial charge in [-0.15, -0.1) is 0 Å². The van der Waals surface area contributed by atoms with E-state index in [4.69, 9.17) is 0 Å². The standard InChI is InChI=1S/C12H22N2O3S/c1-8(2)11-12(16)14(6-5-10(15)13-11)9(3)7-18(4)17/h8-9,11H,5-7H2,1-4H3,(H,13,15). The molecule has 0 radical (unpaired) electrons. The van der Waals surface area contributed by atoms with Gasteiger partial charge in [-0.25, -0.2) is 0 Å². The number of carbonyl (C=O) groups excluding carboxylic acids is 2. The Hall–Kier alpha value is -0.910. The minimum absolute atomic E-state index is 0.0568. The highest BCUT2D eigenvalue weighted by Gasteiger charge is 2.34. The Morgan fingerprint density at radius 3 is 2.50 bits per heavy atom. The molecule has 1 rings (SSSR count). The highest BCUT2D eigenvalue weighted by Crippen LogP contribution is 2.14. The summed E-state index contributed by atoms with van der Waals surface area (Å²) in [5.41, 5.74) is 0. The fourth-order valence-electron chi connectivity index (χ4n) is 2.14. The van der Waals surface area contributed by atoms with E-state index in [1.54, 1.807) is 11.2 Å². The molecule has 6 heteroatoms. The SMILES string of the molecule is CC(C)C1NC(=O)CCN(C(C)CS(C)=O)C1=O. The fourth-order valence-corrected chi connectivity index (χ4v) is 3.00. The number of nitrogens with zero attached hydrogens (tertiary/aromatic N) is 1. The van der Waals surface area contributed by atoms with E-state index in [9.17, 15) is 13.8 Å². The summed E-state index contributed by atoms with van der Waals surface area (Å²) < 4.78 is 11.3. The Morgan fingerprint density at radius 2 is 2.00 bits per heavy atom. The summed E-state index contributed by atoms with van der Waals surface area (Å²) in [5.74, 6) is 0.356. The van der Waals surface area contributed by atoms with E-state index in [1.165, 1.54) is 0 Å². The van der Waals surface area contributed by atoms with Gasteiger partial charge in [-0.05, 0) is 12.8 Å². The minimum Gasteiger partial charge on any atom is -0.344 e. The van der Waals surface area contributed by atoms with Crippen LogP contribution in [0.3, 0.4) is 0 Å². The van der Waals surface area contributed by atoms with Gasteiger partial charge in [0, 0.05) is 41.8 Å². The van der Waals surface area contributed by atoms with Crippen LogP contribution in [0.5, 0.6) is 0 Å². The molecule has 1 aliphatic heterocycles. The van der Waals surface area contributed by atoms with E-state index in [0.29, 0.717) is 18.7 Å². The van der Waals surface area contributed by atoms with Gasteiger partial charge in [0.2, 0.25) is 11.8 Å². The fraction of sp³-hybridized carbons (Fsp3) is 0.833. The number of carbonyl (C=O) groups is 2. The average Bonchev–Trinajstić information content (AvgIpc) is 2.37. The van der Waals surface area contributed by atoms with Crippen molar-refractivity contribution in [1.29, 1.82) is 0 Å². The van der Waals surface area contributed by atoms with Crippen molar-refractivity contribution in [1.82, 2.24) is 10.2 Å². The highest BCUT2D eigenvalue weighted by molar-refractivity contribution is 7.84. The van der Waals surface area contributed by atoms with E-state index in [2.05, 4.69) is 5.32 Å². The van der Waals surface area contributed by atoms with Crippen LogP contribution >= 0.6 is 0 Å². The van der Waals surface area contributed by atoms with E-state index in [0.717, 1.165) is 0 Å². The predicted molar refractivity (Wildman–Crippen MR) is 71.5 cm³/mol. The van der Waals surface area contributed by atoms with Crippen molar-refractivity contribution >= 4 is 22.6 Å². The quantitative estimate of drug-likeness (QED) is 0.792. The Labute approximate surface area is 111 Å². The summed E-state index contributed by atoms with van der Waals surface area (Å²) in [4.78, 5) is 25.6. The lowest BCUT2D eigenvalue weighted by molar-refractivity contribution is -0.136. The molecule has 3 atom stereocenters. The van der Waals surface area contributed by atoms with Gasteiger partial charge in [-0.1, -0.05) is 13.8 Å². The van der Waals surface area contributed by atoms with Gasteiger partial charge in [0.1, 0.15) is 6.04 Å². The van der Waals surface area contributed by atoms with Crippen molar-refractivity contribution in [2.24, 2.45) is 5.92 Å². The lowest BCUT2D eigenvalue weighted by Gasteiger charge is -2.30. The maximum atomic E-state index is 12.4. The molecule has 0 aromatic carbocycles. The summed E-state index contributed by atoms with van der Waals surface area (Å²) in [5, 5.41) is 2.76. The number of nitrogens with one attached hydrogen (secondary N) is 1. The molecule has 1 saturated heterocycles. The topological polar surface area (TPSA) is 66.5 Å². The van der Waals surface area contributed by atoms with Crippen LogP contribution in [-0.4, -0.2) is 51.6 Å². The molecule has 0 bridgehead atoms. The largest absolute Gasteiger partial charge is 0.344 e. The lowest BCUT2D eigenvalue weighted by Crippen LogP contribution is -2.51. The first-order valence-electron chi connectivity index (χ1n) is 6.22. The Morgan fingerprint density at radius 1 is 1.39 bits per heavy atom. The first-order chi connectivity index (χ1) is 8.32. The van der Waals surface area contributed by atoms with Crippen molar-refractivity contribution in [3.63, 3.8) is 0 Å². The van der Waals surface area contributed by atoms with Crippen LogP contribution in [0.15, 0.2) is 0 Å².